The lowest BCUT2D eigenvalue weighted by Gasteiger charge is -2.03. The number of esters is 1. The normalized spacial score (nSPS) is 10.3. The third-order valence-corrected chi connectivity index (χ3v) is 3.03. The Labute approximate surface area is 132 Å². The second-order valence-corrected chi connectivity index (χ2v) is 4.82. The smallest absolute Gasteiger partial charge is 0.320 e. The largest absolute Gasteiger partial charge is 0.481 e. The van der Waals surface area contributed by atoms with Gasteiger partial charge in [0.1, 0.15) is 0 Å². The van der Waals surface area contributed by atoms with E-state index in [-0.39, 0.29) is 24.8 Å². The van der Waals surface area contributed by atoms with Crippen LogP contribution in [0.5, 0.6) is 0 Å². The fourth-order valence-electron chi connectivity index (χ4n) is 1.86. The van der Waals surface area contributed by atoms with Gasteiger partial charge in [-0.3, -0.25) is 9.59 Å². The van der Waals surface area contributed by atoms with Gasteiger partial charge in [-0.15, -0.1) is 5.10 Å². The number of carbonyl (C=O) groups excluding carboxylic acids is 1. The third-order valence-electron chi connectivity index (χ3n) is 3.03. The summed E-state index contributed by atoms with van der Waals surface area (Å²) < 4.78 is 9.99. The summed E-state index contributed by atoms with van der Waals surface area (Å²) in [5.41, 5.74) is 1.57. The van der Waals surface area contributed by atoms with Crippen LogP contribution < -0.4 is 5.32 Å². The first-order valence-electron chi connectivity index (χ1n) is 7.04. The molecule has 0 saturated carbocycles. The van der Waals surface area contributed by atoms with Gasteiger partial charge in [0.15, 0.2) is 0 Å². The van der Waals surface area contributed by atoms with Gasteiger partial charge in [0.2, 0.25) is 5.89 Å². The predicted octanol–water partition coefficient (Wildman–Crippen LogP) is 1.94. The van der Waals surface area contributed by atoms with Gasteiger partial charge in [0.25, 0.3) is 0 Å². The molecular weight excluding hydrogens is 302 g/mol. The maximum Gasteiger partial charge on any atom is 0.320 e. The molecule has 0 atom stereocenters. The number of nitrogens with zero attached hydrogens (tertiary/aromatic N) is 2. The number of aliphatic carboxylic acids is 1. The highest BCUT2D eigenvalue weighted by atomic mass is 16.5. The van der Waals surface area contributed by atoms with E-state index < -0.39 is 5.97 Å². The van der Waals surface area contributed by atoms with Crippen LogP contribution >= 0.6 is 0 Å². The number of carboxylic acids is 1. The molecule has 1 aromatic heterocycles. The van der Waals surface area contributed by atoms with Crippen LogP contribution in [0, 0.1) is 0 Å². The number of rotatable bonds is 8. The Kier molecular flexibility index (Phi) is 5.67. The molecule has 0 spiro atoms. The molecule has 0 amide bonds. The van der Waals surface area contributed by atoms with Gasteiger partial charge in [0, 0.05) is 18.5 Å². The second-order valence-electron chi connectivity index (χ2n) is 4.82. The number of aryl methyl sites for hydroxylation is 1. The minimum Gasteiger partial charge on any atom is -0.481 e. The van der Waals surface area contributed by atoms with Crippen molar-refractivity contribution in [2.75, 3.05) is 12.4 Å². The summed E-state index contributed by atoms with van der Waals surface area (Å²) in [6.07, 6.45) is 1.14. The summed E-state index contributed by atoms with van der Waals surface area (Å²) in [5, 5.41) is 19.2. The van der Waals surface area contributed by atoms with E-state index in [0.717, 1.165) is 11.3 Å². The number of aromatic nitrogens is 2. The van der Waals surface area contributed by atoms with E-state index in [1.165, 1.54) is 7.11 Å². The Bertz CT molecular complexity index is 666. The quantitative estimate of drug-likeness (QED) is 0.709. The molecule has 2 N–H and O–H groups in total. The minimum absolute atomic E-state index is 0.0623. The number of carboxylic acid groups (broad SMARTS) is 1. The molecule has 0 saturated heterocycles. The molecule has 0 unspecified atom stereocenters. The van der Waals surface area contributed by atoms with Crippen LogP contribution in [-0.2, 0) is 27.2 Å². The zero-order chi connectivity index (χ0) is 16.7. The maximum absolute atomic E-state index is 11.2. The summed E-state index contributed by atoms with van der Waals surface area (Å²) in [5.74, 6) is -0.764. The topological polar surface area (TPSA) is 115 Å². The molecule has 0 bridgehead atoms. The predicted molar refractivity (Wildman–Crippen MR) is 80.3 cm³/mol. The molecule has 2 rings (SSSR count). The molecule has 0 aliphatic rings. The molecule has 0 radical (unpaired) electrons. The minimum atomic E-state index is -0.852. The number of hydrogen-bond acceptors (Lipinski definition) is 7. The van der Waals surface area contributed by atoms with Gasteiger partial charge in [-0.2, -0.15) is 0 Å². The van der Waals surface area contributed by atoms with Crippen molar-refractivity contribution in [3.8, 4) is 0 Å². The molecule has 8 nitrogen and oxygen atoms in total. The van der Waals surface area contributed by atoms with Crippen LogP contribution in [0.4, 0.5) is 11.7 Å². The molecule has 0 aliphatic carbocycles. The average Bonchev–Trinajstić information content (AvgIpc) is 2.96. The molecule has 122 valence electrons. The lowest BCUT2D eigenvalue weighted by molar-refractivity contribution is -0.140. The zero-order valence-corrected chi connectivity index (χ0v) is 12.6. The molecule has 0 aliphatic heterocycles. The first-order valence-corrected chi connectivity index (χ1v) is 7.04. The molecule has 0 fully saturated rings. The Morgan fingerprint density at radius 2 is 2.00 bits per heavy atom. The van der Waals surface area contributed by atoms with E-state index in [9.17, 15) is 9.59 Å². The summed E-state index contributed by atoms with van der Waals surface area (Å²) >= 11 is 0. The van der Waals surface area contributed by atoms with E-state index in [2.05, 4.69) is 20.3 Å². The zero-order valence-electron chi connectivity index (χ0n) is 12.6. The van der Waals surface area contributed by atoms with Crippen LogP contribution in [0.25, 0.3) is 0 Å². The standard InChI is InChI=1S/C15H17N3O5/c1-22-14(21)9-10-5-7-11(8-6-10)16-15-18-17-12(23-15)3-2-4-13(19)20/h5-8H,2-4,9H2,1H3,(H,16,18)(H,19,20). The van der Waals surface area contributed by atoms with Crippen molar-refractivity contribution < 1.29 is 23.8 Å². The van der Waals surface area contributed by atoms with Crippen molar-refractivity contribution in [3.05, 3.63) is 35.7 Å². The fourth-order valence-corrected chi connectivity index (χ4v) is 1.86. The highest BCUT2D eigenvalue weighted by Gasteiger charge is 2.08. The Hall–Kier alpha value is -2.90. The van der Waals surface area contributed by atoms with Gasteiger partial charge >= 0.3 is 18.0 Å². The molecule has 1 aromatic carbocycles. The first kappa shape index (κ1) is 16.5. The molecule has 1 heterocycles. The summed E-state index contributed by atoms with van der Waals surface area (Å²) in [7, 11) is 1.35. The molecule has 8 heteroatoms. The highest BCUT2D eigenvalue weighted by molar-refractivity contribution is 5.72. The van der Waals surface area contributed by atoms with Crippen LogP contribution in [-0.4, -0.2) is 34.4 Å². The van der Waals surface area contributed by atoms with Crippen LogP contribution in [0.2, 0.25) is 0 Å². The van der Waals surface area contributed by atoms with Crippen LogP contribution in [0.1, 0.15) is 24.3 Å². The first-order chi connectivity index (χ1) is 11.1. The van der Waals surface area contributed by atoms with E-state index >= 15 is 0 Å². The van der Waals surface area contributed by atoms with Crippen molar-refractivity contribution in [2.24, 2.45) is 0 Å². The lowest BCUT2D eigenvalue weighted by Crippen LogP contribution is -2.04. The SMILES string of the molecule is COC(=O)Cc1ccc(Nc2nnc(CCCC(=O)O)o2)cc1. The number of methoxy groups -OCH3 is 1. The van der Waals surface area contributed by atoms with Crippen LogP contribution in [0.3, 0.4) is 0 Å². The van der Waals surface area contributed by atoms with Crippen molar-refractivity contribution in [3.63, 3.8) is 0 Å². The Balaban J connectivity index is 1.88. The van der Waals surface area contributed by atoms with E-state index in [1.807, 2.05) is 0 Å². The molecule has 2 aromatic rings. The number of benzene rings is 1. The highest BCUT2D eigenvalue weighted by Crippen LogP contribution is 2.17. The molecule has 23 heavy (non-hydrogen) atoms. The lowest BCUT2D eigenvalue weighted by atomic mass is 10.1. The van der Waals surface area contributed by atoms with Crippen molar-refractivity contribution in [2.45, 2.75) is 25.7 Å². The summed E-state index contributed by atoms with van der Waals surface area (Å²) in [6, 6.07) is 7.39. The van der Waals surface area contributed by atoms with Crippen molar-refractivity contribution >= 4 is 23.6 Å². The molecular formula is C15H17N3O5. The number of anilines is 2. The van der Waals surface area contributed by atoms with Crippen molar-refractivity contribution in [1.29, 1.82) is 0 Å². The average molecular weight is 319 g/mol. The fraction of sp³-hybridized carbons (Fsp3) is 0.333. The van der Waals surface area contributed by atoms with Gasteiger partial charge in [-0.1, -0.05) is 17.2 Å². The summed E-state index contributed by atoms with van der Waals surface area (Å²) in [4.78, 5) is 21.6. The Morgan fingerprint density at radius 3 is 2.65 bits per heavy atom. The number of hydrogen-bond donors (Lipinski definition) is 2. The van der Waals surface area contributed by atoms with E-state index in [4.69, 9.17) is 9.52 Å². The van der Waals surface area contributed by atoms with Crippen molar-refractivity contribution in [1.82, 2.24) is 10.2 Å². The van der Waals surface area contributed by atoms with E-state index in [1.54, 1.807) is 24.3 Å². The second kappa shape index (κ2) is 7.92. The number of carbonyl (C=O) groups is 2. The summed E-state index contributed by atoms with van der Waals surface area (Å²) in [6.45, 7) is 0. The number of nitrogens with one attached hydrogen (secondary N) is 1. The third kappa shape index (κ3) is 5.42. The van der Waals surface area contributed by atoms with Gasteiger partial charge in [0.05, 0.1) is 13.5 Å². The van der Waals surface area contributed by atoms with E-state index in [0.29, 0.717) is 18.7 Å². The Morgan fingerprint density at radius 1 is 1.26 bits per heavy atom. The van der Waals surface area contributed by atoms with Gasteiger partial charge in [-0.25, -0.2) is 0 Å². The monoisotopic (exact) mass is 319 g/mol. The number of ether oxygens (including phenoxy) is 1. The van der Waals surface area contributed by atoms with Crippen LogP contribution in [0.15, 0.2) is 28.7 Å². The maximum atomic E-state index is 11.2. The van der Waals surface area contributed by atoms with Gasteiger partial charge in [-0.05, 0) is 24.1 Å². The van der Waals surface area contributed by atoms with Gasteiger partial charge < -0.3 is 19.6 Å².